The molecule has 16 heavy (non-hydrogen) atoms. The van der Waals surface area contributed by atoms with Gasteiger partial charge in [0.15, 0.2) is 0 Å². The number of nitrogens with zero attached hydrogens (tertiary/aromatic N) is 1. The molecule has 90 valence electrons. The minimum absolute atomic E-state index is 0.225. The Kier molecular flexibility index (Phi) is 4.91. The van der Waals surface area contributed by atoms with Crippen LogP contribution in [0, 0.1) is 0 Å². The van der Waals surface area contributed by atoms with E-state index in [0.717, 1.165) is 6.08 Å². The van der Waals surface area contributed by atoms with Gasteiger partial charge in [0.1, 0.15) is 0 Å². The summed E-state index contributed by atoms with van der Waals surface area (Å²) in [4.78, 5) is 23.9. The van der Waals surface area contributed by atoms with Crippen LogP contribution in [0.5, 0.6) is 0 Å². The van der Waals surface area contributed by atoms with Crippen molar-refractivity contribution < 1.29 is 19.1 Å². The maximum Gasteiger partial charge on any atom is 0.337 e. The quantitative estimate of drug-likeness (QED) is 0.399. The summed E-state index contributed by atoms with van der Waals surface area (Å²) in [7, 11) is 3.23. The first kappa shape index (κ1) is 14.4. The molecule has 0 N–H and O–H groups in total. The summed E-state index contributed by atoms with van der Waals surface area (Å²) in [6.45, 7) is 9.67. The molecule has 5 heteroatoms. The number of rotatable bonds is 5. The Bertz CT molecular complexity index is 322. The van der Waals surface area contributed by atoms with Gasteiger partial charge in [-0.2, -0.15) is 0 Å². The molecule has 0 aromatic heterocycles. The van der Waals surface area contributed by atoms with Gasteiger partial charge in [-0.05, 0) is 21.0 Å². The minimum Gasteiger partial charge on any atom is -0.405 e. The maximum atomic E-state index is 11.4. The molecule has 1 atom stereocenters. The molecular formula is C11H17NO4. The fraction of sp³-hybridized carbons (Fsp3) is 0.455. The van der Waals surface area contributed by atoms with Gasteiger partial charge in [-0.15, -0.1) is 0 Å². The van der Waals surface area contributed by atoms with Crippen LogP contribution in [0.1, 0.15) is 13.8 Å². The van der Waals surface area contributed by atoms with Gasteiger partial charge in [0.05, 0.1) is 0 Å². The summed E-state index contributed by atoms with van der Waals surface area (Å²) >= 11 is 0. The van der Waals surface area contributed by atoms with Crippen molar-refractivity contribution in [1.29, 1.82) is 0 Å². The number of hydrogen-bond acceptors (Lipinski definition) is 5. The Morgan fingerprint density at radius 1 is 1.31 bits per heavy atom. The number of carbonyl (C=O) groups is 2. The van der Waals surface area contributed by atoms with E-state index in [0.29, 0.717) is 0 Å². The molecule has 0 aromatic carbocycles. The second kappa shape index (κ2) is 5.46. The molecule has 0 heterocycles. The number of esters is 2. The van der Waals surface area contributed by atoms with Crippen LogP contribution < -0.4 is 0 Å². The highest BCUT2D eigenvalue weighted by Gasteiger charge is 2.35. The van der Waals surface area contributed by atoms with E-state index in [9.17, 15) is 9.59 Å². The summed E-state index contributed by atoms with van der Waals surface area (Å²) in [6, 6.07) is 0. The zero-order valence-electron chi connectivity index (χ0n) is 10.1. The first-order valence-electron chi connectivity index (χ1n) is 4.64. The monoisotopic (exact) mass is 227 g/mol. The third-order valence-electron chi connectivity index (χ3n) is 1.90. The Balaban J connectivity index is 4.83. The lowest BCUT2D eigenvalue weighted by molar-refractivity contribution is -0.264. The van der Waals surface area contributed by atoms with Crippen LogP contribution in [-0.2, 0) is 19.1 Å². The largest absolute Gasteiger partial charge is 0.405 e. The van der Waals surface area contributed by atoms with E-state index < -0.39 is 17.8 Å². The Hall–Kier alpha value is -1.62. The lowest BCUT2D eigenvalue weighted by Crippen LogP contribution is -2.49. The van der Waals surface area contributed by atoms with E-state index in [4.69, 9.17) is 9.47 Å². The lowest BCUT2D eigenvalue weighted by atomic mass is 10.3. The molecular weight excluding hydrogens is 210 g/mol. The Morgan fingerprint density at radius 2 is 1.81 bits per heavy atom. The molecule has 0 saturated carbocycles. The molecule has 1 unspecified atom stereocenters. The van der Waals surface area contributed by atoms with Crippen LogP contribution in [-0.4, -0.2) is 36.8 Å². The number of hydrogen-bond donors (Lipinski definition) is 0. The molecule has 0 aromatic rings. The molecule has 0 fully saturated rings. The summed E-state index contributed by atoms with van der Waals surface area (Å²) in [6.07, 6.45) is 0.996. The van der Waals surface area contributed by atoms with Gasteiger partial charge >= 0.3 is 17.8 Å². The third-order valence-corrected chi connectivity index (χ3v) is 1.90. The molecule has 0 rings (SSSR count). The van der Waals surface area contributed by atoms with Crippen molar-refractivity contribution >= 4 is 11.9 Å². The molecule has 0 radical (unpaired) electrons. The van der Waals surface area contributed by atoms with E-state index in [-0.39, 0.29) is 5.57 Å². The fourth-order valence-corrected chi connectivity index (χ4v) is 0.691. The van der Waals surface area contributed by atoms with Crippen molar-refractivity contribution in [1.82, 2.24) is 4.90 Å². The van der Waals surface area contributed by atoms with Crippen LogP contribution in [0.4, 0.5) is 0 Å². The molecule has 0 amide bonds. The van der Waals surface area contributed by atoms with E-state index in [1.807, 2.05) is 0 Å². The average Bonchev–Trinajstić information content (AvgIpc) is 2.16. The van der Waals surface area contributed by atoms with E-state index in [2.05, 4.69) is 13.2 Å². The van der Waals surface area contributed by atoms with Gasteiger partial charge < -0.3 is 9.47 Å². The SMILES string of the molecule is C=CC(=O)OC(C)(OC(=O)C(=C)C)N(C)C. The van der Waals surface area contributed by atoms with Gasteiger partial charge in [-0.3, -0.25) is 0 Å². The summed E-state index contributed by atoms with van der Waals surface area (Å²) in [5.74, 6) is -2.78. The number of carbonyl (C=O) groups excluding carboxylic acids is 2. The van der Waals surface area contributed by atoms with Crippen LogP contribution in [0.25, 0.3) is 0 Å². The van der Waals surface area contributed by atoms with Gasteiger partial charge in [0.2, 0.25) is 0 Å². The molecule has 0 aliphatic carbocycles. The van der Waals surface area contributed by atoms with E-state index >= 15 is 0 Å². The van der Waals surface area contributed by atoms with Crippen molar-refractivity contribution in [2.24, 2.45) is 0 Å². The maximum absolute atomic E-state index is 11.4. The highest BCUT2D eigenvalue weighted by molar-refractivity contribution is 5.87. The van der Waals surface area contributed by atoms with Crippen molar-refractivity contribution in [3.05, 3.63) is 24.8 Å². The highest BCUT2D eigenvalue weighted by Crippen LogP contribution is 2.17. The first-order chi connectivity index (χ1) is 7.23. The van der Waals surface area contributed by atoms with Crippen molar-refractivity contribution in [3.63, 3.8) is 0 Å². The highest BCUT2D eigenvalue weighted by atomic mass is 16.8. The molecule has 0 aliphatic rings. The molecule has 5 nitrogen and oxygen atoms in total. The summed E-state index contributed by atoms with van der Waals surface area (Å²) < 4.78 is 9.98. The lowest BCUT2D eigenvalue weighted by Gasteiger charge is -2.33. The van der Waals surface area contributed by atoms with Crippen LogP contribution in [0.3, 0.4) is 0 Å². The zero-order valence-corrected chi connectivity index (χ0v) is 10.1. The van der Waals surface area contributed by atoms with Gasteiger partial charge in [-0.1, -0.05) is 13.2 Å². The van der Waals surface area contributed by atoms with Crippen LogP contribution >= 0.6 is 0 Å². The first-order valence-corrected chi connectivity index (χ1v) is 4.64. The normalized spacial score (nSPS) is 13.8. The van der Waals surface area contributed by atoms with Crippen LogP contribution in [0.15, 0.2) is 24.8 Å². The second-order valence-electron chi connectivity index (χ2n) is 3.59. The van der Waals surface area contributed by atoms with E-state index in [1.165, 1.54) is 18.7 Å². The standard InChI is InChI=1S/C11H17NO4/c1-7-9(13)15-11(4,12(5)6)16-10(14)8(2)3/h7H,1-2H2,3-6H3. The predicted octanol–water partition coefficient (Wildman–Crippen LogP) is 1.07. The van der Waals surface area contributed by atoms with E-state index in [1.54, 1.807) is 14.1 Å². The fourth-order valence-electron chi connectivity index (χ4n) is 0.691. The minimum atomic E-state index is -1.47. The molecule has 0 aliphatic heterocycles. The van der Waals surface area contributed by atoms with Crippen molar-refractivity contribution in [2.45, 2.75) is 19.8 Å². The van der Waals surface area contributed by atoms with Crippen LogP contribution in [0.2, 0.25) is 0 Å². The molecule has 0 bridgehead atoms. The predicted molar refractivity (Wildman–Crippen MR) is 59.3 cm³/mol. The summed E-state index contributed by atoms with van der Waals surface area (Å²) in [5, 5.41) is 0. The second-order valence-corrected chi connectivity index (χ2v) is 3.59. The van der Waals surface area contributed by atoms with Gasteiger partial charge in [-0.25, -0.2) is 14.5 Å². The summed E-state index contributed by atoms with van der Waals surface area (Å²) in [5.41, 5.74) is 0.225. The van der Waals surface area contributed by atoms with Crippen molar-refractivity contribution in [2.75, 3.05) is 14.1 Å². The average molecular weight is 227 g/mol. The number of ether oxygens (including phenoxy) is 2. The zero-order chi connectivity index (χ0) is 12.9. The Labute approximate surface area is 95.3 Å². The molecule has 0 saturated heterocycles. The van der Waals surface area contributed by atoms with Gasteiger partial charge in [0, 0.05) is 18.6 Å². The third kappa shape index (κ3) is 3.86. The Morgan fingerprint density at radius 3 is 2.12 bits per heavy atom. The molecule has 0 spiro atoms. The topological polar surface area (TPSA) is 55.8 Å². The smallest absolute Gasteiger partial charge is 0.337 e. The van der Waals surface area contributed by atoms with Gasteiger partial charge in [0.25, 0.3) is 0 Å². The van der Waals surface area contributed by atoms with Crippen molar-refractivity contribution in [3.8, 4) is 0 Å².